The molecule has 0 atom stereocenters. The van der Waals surface area contributed by atoms with Crippen LogP contribution >= 0.6 is 18.7 Å². The third kappa shape index (κ3) is 5.41. The monoisotopic (exact) mass is 473 g/mol. The molecule has 1 heterocycles. The van der Waals surface area contributed by atoms with E-state index in [1.54, 1.807) is 20.4 Å². The Labute approximate surface area is 194 Å². The predicted octanol–water partition coefficient (Wildman–Crippen LogP) is 5.33. The molecule has 0 unspecified atom stereocenters. The highest BCUT2D eigenvalue weighted by Gasteiger charge is 2.20. The molecule has 0 radical (unpaired) electrons. The summed E-state index contributed by atoms with van der Waals surface area (Å²) < 4.78 is 18.3. The Bertz CT molecular complexity index is 1160. The lowest BCUT2D eigenvalue weighted by molar-refractivity contribution is 0.408. The Morgan fingerprint density at radius 3 is 2.44 bits per heavy atom. The van der Waals surface area contributed by atoms with Gasteiger partial charge >= 0.3 is 0 Å². The zero-order valence-electron chi connectivity index (χ0n) is 19.2. The maximum atomic E-state index is 12.7. The molecule has 0 aliphatic rings. The van der Waals surface area contributed by atoms with Gasteiger partial charge in [-0.15, -0.1) is 0 Å². The van der Waals surface area contributed by atoms with E-state index in [0.717, 1.165) is 16.6 Å². The van der Waals surface area contributed by atoms with Crippen molar-refractivity contribution in [2.24, 2.45) is 0 Å². The number of hydrogen-bond acceptors (Lipinski definition) is 7. The lowest BCUT2D eigenvalue weighted by atomic mass is 9.94. The fourth-order valence-electron chi connectivity index (χ4n) is 3.14. The number of aromatic nitrogens is 2. The van der Waals surface area contributed by atoms with Crippen molar-refractivity contribution in [3.8, 4) is 5.75 Å². The summed E-state index contributed by atoms with van der Waals surface area (Å²) in [5.74, 6) is 1.43. The number of nitrogens with one attached hydrogen (secondary N) is 3. The van der Waals surface area contributed by atoms with Crippen LogP contribution in [0.3, 0.4) is 0 Å². The quantitative estimate of drug-likeness (QED) is 0.381. The number of para-hydroxylation sites is 1. The fraction of sp³-hybridized carbons (Fsp3) is 0.304. The van der Waals surface area contributed by atoms with Crippen LogP contribution in [0.4, 0.5) is 23.1 Å². The second kappa shape index (κ2) is 9.49. The van der Waals surface area contributed by atoms with Crippen LogP contribution in [0.25, 0.3) is 0 Å². The van der Waals surface area contributed by atoms with Gasteiger partial charge in [-0.05, 0) is 64.1 Å². The van der Waals surface area contributed by atoms with E-state index < -0.39 is 7.14 Å². The topological polar surface area (TPSA) is 88.2 Å². The van der Waals surface area contributed by atoms with Crippen LogP contribution in [0.2, 0.25) is 5.02 Å². The number of halogens is 1. The minimum absolute atomic E-state index is 0.203. The van der Waals surface area contributed by atoms with E-state index in [0.29, 0.717) is 28.2 Å². The lowest BCUT2D eigenvalue weighted by Gasteiger charge is -2.25. The summed E-state index contributed by atoms with van der Waals surface area (Å²) in [5, 5.41) is 10.8. The Balaban J connectivity index is 1.92. The molecular formula is C23H29ClN5O2P. The highest BCUT2D eigenvalue weighted by atomic mass is 35.5. The second-order valence-electron chi connectivity index (χ2n) is 8.30. The van der Waals surface area contributed by atoms with Gasteiger partial charge in [0.25, 0.3) is 0 Å². The van der Waals surface area contributed by atoms with Crippen LogP contribution in [-0.4, -0.2) is 37.5 Å². The standard InChI is InChI=1S/C23H29ClN5O2P/c1-23(2,25-3)15-11-12-17(19(13-15)31-4)28-22-26-14-16(24)21(29-22)27-18-9-7-8-10-20(18)32(5,6)30/h7-14,25H,1-6H3,(H2,26,27,28,29). The molecule has 170 valence electrons. The van der Waals surface area contributed by atoms with E-state index in [1.807, 2.05) is 49.5 Å². The minimum Gasteiger partial charge on any atom is -0.495 e. The summed E-state index contributed by atoms with van der Waals surface area (Å²) in [4.78, 5) is 8.82. The van der Waals surface area contributed by atoms with Crippen LogP contribution in [0.1, 0.15) is 19.4 Å². The van der Waals surface area contributed by atoms with Crippen LogP contribution < -0.4 is 26.0 Å². The van der Waals surface area contributed by atoms with Gasteiger partial charge in [-0.2, -0.15) is 4.98 Å². The average Bonchev–Trinajstić information content (AvgIpc) is 2.76. The van der Waals surface area contributed by atoms with Gasteiger partial charge in [-0.3, -0.25) is 0 Å². The average molecular weight is 474 g/mol. The van der Waals surface area contributed by atoms with E-state index >= 15 is 0 Å². The first-order valence-corrected chi connectivity index (χ1v) is 13.1. The number of hydrogen-bond donors (Lipinski definition) is 3. The summed E-state index contributed by atoms with van der Waals surface area (Å²) in [6.45, 7) is 7.65. The first kappa shape index (κ1) is 24.1. The van der Waals surface area contributed by atoms with Crippen molar-refractivity contribution in [3.63, 3.8) is 0 Å². The molecule has 1 aromatic heterocycles. The number of benzene rings is 2. The minimum atomic E-state index is -2.49. The number of ether oxygens (including phenoxy) is 1. The summed E-state index contributed by atoms with van der Waals surface area (Å²) in [7, 11) is 1.05. The molecule has 3 N–H and O–H groups in total. The van der Waals surface area contributed by atoms with E-state index in [9.17, 15) is 4.57 Å². The van der Waals surface area contributed by atoms with Crippen LogP contribution in [0.5, 0.6) is 5.75 Å². The Hall–Kier alpha value is -2.60. The second-order valence-corrected chi connectivity index (χ2v) is 11.9. The SMILES string of the molecule is CNC(C)(C)c1ccc(Nc2ncc(Cl)c(Nc3ccccc3P(C)(C)=O)n2)c(OC)c1. The number of methoxy groups -OCH3 is 1. The van der Waals surface area contributed by atoms with Crippen LogP contribution in [-0.2, 0) is 10.1 Å². The van der Waals surface area contributed by atoms with Gasteiger partial charge < -0.3 is 25.3 Å². The van der Waals surface area contributed by atoms with Crippen LogP contribution in [0.15, 0.2) is 48.7 Å². The van der Waals surface area contributed by atoms with Crippen molar-refractivity contribution >= 4 is 47.2 Å². The molecule has 32 heavy (non-hydrogen) atoms. The highest BCUT2D eigenvalue weighted by molar-refractivity contribution is 7.70. The fourth-order valence-corrected chi connectivity index (χ4v) is 4.43. The Morgan fingerprint density at radius 2 is 1.78 bits per heavy atom. The molecular weight excluding hydrogens is 445 g/mol. The van der Waals surface area contributed by atoms with Gasteiger partial charge in [0.2, 0.25) is 5.95 Å². The zero-order valence-corrected chi connectivity index (χ0v) is 20.8. The molecule has 7 nitrogen and oxygen atoms in total. The number of nitrogens with zero attached hydrogens (tertiary/aromatic N) is 2. The van der Waals surface area contributed by atoms with E-state index in [2.05, 4.69) is 39.8 Å². The molecule has 0 aliphatic carbocycles. The molecule has 0 spiro atoms. The van der Waals surface area contributed by atoms with Gasteiger partial charge in [0.1, 0.15) is 17.9 Å². The first-order chi connectivity index (χ1) is 15.0. The first-order valence-electron chi connectivity index (χ1n) is 10.1. The number of anilines is 4. The van der Waals surface area contributed by atoms with E-state index in [1.165, 1.54) is 6.20 Å². The molecule has 0 saturated heterocycles. The van der Waals surface area contributed by atoms with Gasteiger partial charge in [0, 0.05) is 10.8 Å². The smallest absolute Gasteiger partial charge is 0.229 e. The van der Waals surface area contributed by atoms with Gasteiger partial charge in [-0.1, -0.05) is 29.8 Å². The van der Waals surface area contributed by atoms with Gasteiger partial charge in [0.15, 0.2) is 5.82 Å². The van der Waals surface area contributed by atoms with Gasteiger partial charge in [0.05, 0.1) is 24.7 Å². The summed E-state index contributed by atoms with van der Waals surface area (Å²) in [6, 6.07) is 13.4. The largest absolute Gasteiger partial charge is 0.495 e. The molecule has 3 rings (SSSR count). The van der Waals surface area contributed by atoms with E-state index in [-0.39, 0.29) is 5.54 Å². The van der Waals surface area contributed by atoms with Gasteiger partial charge in [-0.25, -0.2) is 4.98 Å². The molecule has 3 aromatic rings. The van der Waals surface area contributed by atoms with Crippen LogP contribution in [0, 0.1) is 0 Å². The van der Waals surface area contributed by atoms with Crippen molar-refractivity contribution in [2.45, 2.75) is 19.4 Å². The molecule has 9 heteroatoms. The molecule has 0 fully saturated rings. The third-order valence-corrected chi connectivity index (χ3v) is 7.10. The third-order valence-electron chi connectivity index (χ3n) is 5.28. The normalized spacial score (nSPS) is 11.8. The lowest BCUT2D eigenvalue weighted by Crippen LogP contribution is -2.33. The summed E-state index contributed by atoms with van der Waals surface area (Å²) >= 11 is 6.35. The molecule has 0 bridgehead atoms. The maximum Gasteiger partial charge on any atom is 0.229 e. The maximum absolute atomic E-state index is 12.7. The molecule has 0 aliphatic heterocycles. The molecule has 0 amide bonds. The Morgan fingerprint density at radius 1 is 1.06 bits per heavy atom. The molecule has 2 aromatic carbocycles. The van der Waals surface area contributed by atoms with Crippen molar-refractivity contribution < 1.29 is 9.30 Å². The molecule has 0 saturated carbocycles. The summed E-state index contributed by atoms with van der Waals surface area (Å²) in [5.41, 5.74) is 2.31. The zero-order chi connectivity index (χ0) is 23.5. The Kier molecular flexibility index (Phi) is 7.13. The number of rotatable bonds is 8. The van der Waals surface area contributed by atoms with Crippen molar-refractivity contribution in [2.75, 3.05) is 38.1 Å². The summed E-state index contributed by atoms with van der Waals surface area (Å²) in [6.07, 6.45) is 1.52. The van der Waals surface area contributed by atoms with E-state index in [4.69, 9.17) is 16.3 Å². The van der Waals surface area contributed by atoms with Crippen molar-refractivity contribution in [1.29, 1.82) is 0 Å². The van der Waals surface area contributed by atoms with Crippen molar-refractivity contribution in [3.05, 3.63) is 59.2 Å². The highest BCUT2D eigenvalue weighted by Crippen LogP contribution is 2.39. The predicted molar refractivity (Wildman–Crippen MR) is 134 cm³/mol. The van der Waals surface area contributed by atoms with Crippen molar-refractivity contribution in [1.82, 2.24) is 15.3 Å².